The van der Waals surface area contributed by atoms with Crippen LogP contribution in [0.2, 0.25) is 0 Å². The largest absolute Gasteiger partial charge is 0.504 e. The van der Waals surface area contributed by atoms with E-state index in [0.29, 0.717) is 18.4 Å². The number of unbranched alkanes of at least 4 members (excludes halogenated alkanes) is 1. The maximum atomic E-state index is 9.70. The highest BCUT2D eigenvalue weighted by Gasteiger charge is 2.08. The Morgan fingerprint density at radius 3 is 2.60 bits per heavy atom. The van der Waals surface area contributed by atoms with Crippen molar-refractivity contribution in [2.45, 2.75) is 65.5 Å². The van der Waals surface area contributed by atoms with E-state index >= 15 is 0 Å². The lowest BCUT2D eigenvalue weighted by Crippen LogP contribution is -2.28. The molecule has 0 spiro atoms. The van der Waals surface area contributed by atoms with Gasteiger partial charge in [0, 0.05) is 12.6 Å². The van der Waals surface area contributed by atoms with Crippen molar-refractivity contribution in [2.75, 3.05) is 6.61 Å². The number of hydrogen-bond acceptors (Lipinski definition) is 3. The summed E-state index contributed by atoms with van der Waals surface area (Å²) in [6.07, 6.45) is 6.19. The van der Waals surface area contributed by atoms with E-state index < -0.39 is 0 Å². The zero-order valence-electron chi connectivity index (χ0n) is 13.1. The monoisotopic (exact) mass is 279 g/mol. The van der Waals surface area contributed by atoms with Crippen LogP contribution in [0, 0.1) is 0 Å². The number of hydrogen-bond donors (Lipinski definition) is 2. The molecule has 0 amide bonds. The van der Waals surface area contributed by atoms with Crippen LogP contribution in [0.3, 0.4) is 0 Å². The van der Waals surface area contributed by atoms with Crippen LogP contribution in [0.4, 0.5) is 0 Å². The zero-order valence-corrected chi connectivity index (χ0v) is 13.1. The van der Waals surface area contributed by atoms with Crippen molar-refractivity contribution in [3.05, 3.63) is 23.8 Å². The highest BCUT2D eigenvalue weighted by atomic mass is 16.5. The number of phenols is 1. The molecule has 1 unspecified atom stereocenters. The van der Waals surface area contributed by atoms with E-state index in [4.69, 9.17) is 4.74 Å². The van der Waals surface area contributed by atoms with Crippen molar-refractivity contribution in [1.29, 1.82) is 0 Å². The Hall–Kier alpha value is -1.22. The fraction of sp³-hybridized carbons (Fsp3) is 0.647. The van der Waals surface area contributed by atoms with Gasteiger partial charge in [-0.3, -0.25) is 0 Å². The first-order chi connectivity index (χ1) is 9.71. The number of ether oxygens (including phenoxy) is 1. The first-order valence-corrected chi connectivity index (χ1v) is 7.89. The third-order valence-corrected chi connectivity index (χ3v) is 3.46. The minimum Gasteiger partial charge on any atom is -0.504 e. The second-order valence-corrected chi connectivity index (χ2v) is 5.24. The molecule has 0 saturated carbocycles. The van der Waals surface area contributed by atoms with Crippen LogP contribution in [0.1, 0.15) is 58.4 Å². The van der Waals surface area contributed by atoms with Gasteiger partial charge in [-0.05, 0) is 37.5 Å². The number of benzene rings is 1. The summed E-state index contributed by atoms with van der Waals surface area (Å²) in [5.41, 5.74) is 1.16. The molecule has 0 radical (unpaired) electrons. The molecule has 1 aromatic rings. The van der Waals surface area contributed by atoms with Crippen molar-refractivity contribution >= 4 is 0 Å². The summed E-state index contributed by atoms with van der Waals surface area (Å²) in [6.45, 7) is 7.78. The van der Waals surface area contributed by atoms with Gasteiger partial charge in [0.15, 0.2) is 11.5 Å². The third-order valence-electron chi connectivity index (χ3n) is 3.46. The first-order valence-electron chi connectivity index (χ1n) is 7.89. The minimum absolute atomic E-state index is 0.215. The molecule has 0 aliphatic heterocycles. The van der Waals surface area contributed by atoms with Crippen molar-refractivity contribution in [2.24, 2.45) is 0 Å². The smallest absolute Gasteiger partial charge is 0.161 e. The maximum Gasteiger partial charge on any atom is 0.161 e. The molecule has 1 atom stereocenters. The molecule has 2 N–H and O–H groups in total. The number of phenolic OH excluding ortho intramolecular Hbond substituents is 1. The lowest BCUT2D eigenvalue weighted by atomic mass is 10.0. The summed E-state index contributed by atoms with van der Waals surface area (Å²) in [5.74, 6) is 0.791. The normalized spacial score (nSPS) is 12.3. The molecule has 3 nitrogen and oxygen atoms in total. The van der Waals surface area contributed by atoms with Crippen LogP contribution in [0.15, 0.2) is 18.2 Å². The van der Waals surface area contributed by atoms with E-state index in [1.165, 1.54) is 32.1 Å². The van der Waals surface area contributed by atoms with Gasteiger partial charge in [-0.25, -0.2) is 0 Å². The van der Waals surface area contributed by atoms with Crippen LogP contribution in [0.25, 0.3) is 0 Å². The van der Waals surface area contributed by atoms with Gasteiger partial charge in [0.2, 0.25) is 0 Å². The molecule has 114 valence electrons. The fourth-order valence-electron chi connectivity index (χ4n) is 2.35. The predicted molar refractivity (Wildman–Crippen MR) is 84.3 cm³/mol. The highest BCUT2D eigenvalue weighted by Crippen LogP contribution is 2.26. The lowest BCUT2D eigenvalue weighted by Gasteiger charge is -2.18. The summed E-state index contributed by atoms with van der Waals surface area (Å²) in [7, 11) is 0. The van der Waals surface area contributed by atoms with Crippen LogP contribution < -0.4 is 10.1 Å². The van der Waals surface area contributed by atoms with Crippen molar-refractivity contribution in [1.82, 2.24) is 5.32 Å². The first kappa shape index (κ1) is 16.8. The minimum atomic E-state index is 0.215. The Labute approximate surface area is 123 Å². The van der Waals surface area contributed by atoms with Crippen molar-refractivity contribution in [3.63, 3.8) is 0 Å². The maximum absolute atomic E-state index is 9.70. The van der Waals surface area contributed by atoms with E-state index in [0.717, 1.165) is 12.1 Å². The van der Waals surface area contributed by atoms with E-state index in [1.54, 1.807) is 6.07 Å². The van der Waals surface area contributed by atoms with E-state index in [2.05, 4.69) is 19.2 Å². The van der Waals surface area contributed by atoms with Crippen molar-refractivity contribution < 1.29 is 9.84 Å². The number of nitrogens with one attached hydrogen (secondary N) is 1. The quantitative estimate of drug-likeness (QED) is 0.673. The lowest BCUT2D eigenvalue weighted by molar-refractivity contribution is 0.317. The van der Waals surface area contributed by atoms with Crippen LogP contribution >= 0.6 is 0 Å². The Morgan fingerprint density at radius 1 is 1.15 bits per heavy atom. The summed E-state index contributed by atoms with van der Waals surface area (Å²) in [6, 6.07) is 6.18. The molecule has 20 heavy (non-hydrogen) atoms. The Bertz CT molecular complexity index is 379. The van der Waals surface area contributed by atoms with Crippen molar-refractivity contribution in [3.8, 4) is 11.5 Å². The van der Waals surface area contributed by atoms with Crippen LogP contribution in [0.5, 0.6) is 11.5 Å². The zero-order chi connectivity index (χ0) is 14.8. The second kappa shape index (κ2) is 9.65. The van der Waals surface area contributed by atoms with Gasteiger partial charge in [-0.1, -0.05) is 39.2 Å². The number of rotatable bonds is 10. The fourth-order valence-corrected chi connectivity index (χ4v) is 2.35. The predicted octanol–water partition coefficient (Wildman–Crippen LogP) is 4.24. The molecule has 3 heteroatoms. The molecule has 0 bridgehead atoms. The van der Waals surface area contributed by atoms with Crippen LogP contribution in [-0.2, 0) is 6.54 Å². The third kappa shape index (κ3) is 5.83. The van der Waals surface area contributed by atoms with Gasteiger partial charge in [-0.2, -0.15) is 0 Å². The van der Waals surface area contributed by atoms with E-state index in [9.17, 15) is 5.11 Å². The average molecular weight is 279 g/mol. The molecule has 0 heterocycles. The molecule has 0 fully saturated rings. The number of aromatic hydroxyl groups is 1. The Balaban J connectivity index is 2.55. The van der Waals surface area contributed by atoms with E-state index in [-0.39, 0.29) is 5.75 Å². The van der Waals surface area contributed by atoms with Gasteiger partial charge in [-0.15, -0.1) is 0 Å². The summed E-state index contributed by atoms with van der Waals surface area (Å²) in [4.78, 5) is 0. The SMILES string of the molecule is CCCCC(CCC)NCc1ccc(O)c(OCC)c1. The molecule has 0 aromatic heterocycles. The molecule has 0 aliphatic rings. The van der Waals surface area contributed by atoms with Gasteiger partial charge < -0.3 is 15.2 Å². The summed E-state index contributed by atoms with van der Waals surface area (Å²) < 4.78 is 5.42. The Morgan fingerprint density at radius 2 is 1.95 bits per heavy atom. The second-order valence-electron chi connectivity index (χ2n) is 5.24. The van der Waals surface area contributed by atoms with Gasteiger partial charge in [0.25, 0.3) is 0 Å². The van der Waals surface area contributed by atoms with Crippen LogP contribution in [-0.4, -0.2) is 17.8 Å². The van der Waals surface area contributed by atoms with Gasteiger partial charge in [0.1, 0.15) is 0 Å². The van der Waals surface area contributed by atoms with Gasteiger partial charge in [0.05, 0.1) is 6.61 Å². The molecule has 0 saturated heterocycles. The molecule has 1 rings (SSSR count). The standard InChI is InChI=1S/C17H29NO2/c1-4-7-9-15(8-5-2)18-13-14-10-11-16(19)17(12-14)20-6-3/h10-12,15,18-19H,4-9,13H2,1-3H3. The topological polar surface area (TPSA) is 41.5 Å². The van der Waals surface area contributed by atoms with Gasteiger partial charge >= 0.3 is 0 Å². The molecular formula is C17H29NO2. The molecular weight excluding hydrogens is 250 g/mol. The summed E-state index contributed by atoms with van der Waals surface area (Å²) >= 11 is 0. The molecule has 1 aromatic carbocycles. The summed E-state index contributed by atoms with van der Waals surface area (Å²) in [5, 5.41) is 13.3. The Kier molecular flexibility index (Phi) is 8.12. The average Bonchev–Trinajstić information content (AvgIpc) is 2.45. The highest BCUT2D eigenvalue weighted by molar-refractivity contribution is 5.41. The molecule has 0 aliphatic carbocycles. The van der Waals surface area contributed by atoms with E-state index in [1.807, 2.05) is 19.1 Å².